The summed E-state index contributed by atoms with van der Waals surface area (Å²) in [5, 5.41) is 2.43. The Bertz CT molecular complexity index is 436. The number of urea groups is 1. The van der Waals surface area contributed by atoms with E-state index in [4.69, 9.17) is 10.5 Å². The Balaban J connectivity index is 1.95. The second-order valence-corrected chi connectivity index (χ2v) is 4.38. The van der Waals surface area contributed by atoms with Gasteiger partial charge in [0.05, 0.1) is 5.56 Å². The number of amides is 2. The van der Waals surface area contributed by atoms with Gasteiger partial charge in [-0.1, -0.05) is 0 Å². The Morgan fingerprint density at radius 3 is 2.33 bits per heavy atom. The van der Waals surface area contributed by atoms with Gasteiger partial charge in [0.1, 0.15) is 6.10 Å². The highest BCUT2D eigenvalue weighted by atomic mass is 16.5. The molecule has 0 saturated heterocycles. The third-order valence-corrected chi connectivity index (χ3v) is 2.96. The summed E-state index contributed by atoms with van der Waals surface area (Å²) in [6.45, 7) is 0. The summed E-state index contributed by atoms with van der Waals surface area (Å²) in [7, 11) is 0. The van der Waals surface area contributed by atoms with Gasteiger partial charge >= 0.3 is 12.0 Å². The normalized spacial score (nSPS) is 15.3. The molecular weight excluding hydrogens is 232 g/mol. The molecule has 1 aliphatic carbocycles. The number of anilines is 1. The van der Waals surface area contributed by atoms with E-state index in [0.717, 1.165) is 25.7 Å². The number of primary amides is 1. The molecule has 0 unspecified atom stereocenters. The summed E-state index contributed by atoms with van der Waals surface area (Å²) in [6, 6.07) is 5.84. The molecule has 1 aromatic carbocycles. The molecule has 0 heterocycles. The molecule has 0 atom stereocenters. The van der Waals surface area contributed by atoms with Crippen LogP contribution in [0.25, 0.3) is 0 Å². The molecular formula is C13H16N2O3. The Morgan fingerprint density at radius 2 is 1.78 bits per heavy atom. The molecule has 1 saturated carbocycles. The first-order valence-corrected chi connectivity index (χ1v) is 6.02. The van der Waals surface area contributed by atoms with E-state index < -0.39 is 6.03 Å². The fourth-order valence-corrected chi connectivity index (χ4v) is 2.06. The van der Waals surface area contributed by atoms with Gasteiger partial charge < -0.3 is 15.8 Å². The van der Waals surface area contributed by atoms with E-state index in [0.29, 0.717) is 11.3 Å². The number of carbonyl (C=O) groups excluding carboxylic acids is 2. The number of hydrogen-bond acceptors (Lipinski definition) is 3. The van der Waals surface area contributed by atoms with E-state index in [1.54, 1.807) is 24.3 Å². The zero-order valence-corrected chi connectivity index (χ0v) is 10.0. The van der Waals surface area contributed by atoms with Crippen LogP contribution in [0.5, 0.6) is 0 Å². The molecule has 2 amide bonds. The molecule has 0 bridgehead atoms. The number of esters is 1. The summed E-state index contributed by atoms with van der Waals surface area (Å²) in [4.78, 5) is 22.4. The van der Waals surface area contributed by atoms with Crippen LogP contribution in [0.15, 0.2) is 24.3 Å². The van der Waals surface area contributed by atoms with E-state index >= 15 is 0 Å². The van der Waals surface area contributed by atoms with Crippen molar-refractivity contribution in [2.45, 2.75) is 31.8 Å². The quantitative estimate of drug-likeness (QED) is 0.805. The molecule has 2 rings (SSSR count). The lowest BCUT2D eigenvalue weighted by molar-refractivity contribution is 0.0318. The van der Waals surface area contributed by atoms with Crippen LogP contribution in [0.2, 0.25) is 0 Å². The number of ether oxygens (including phenoxy) is 1. The van der Waals surface area contributed by atoms with Crippen molar-refractivity contribution in [2.75, 3.05) is 5.32 Å². The molecule has 0 spiro atoms. The zero-order chi connectivity index (χ0) is 13.0. The zero-order valence-electron chi connectivity index (χ0n) is 10.0. The van der Waals surface area contributed by atoms with Gasteiger partial charge in [0, 0.05) is 5.69 Å². The molecule has 0 aliphatic heterocycles. The summed E-state index contributed by atoms with van der Waals surface area (Å²) in [6.07, 6.45) is 4.21. The average Bonchev–Trinajstić information content (AvgIpc) is 2.82. The summed E-state index contributed by atoms with van der Waals surface area (Å²) in [5.74, 6) is -0.312. The largest absolute Gasteiger partial charge is 0.459 e. The van der Waals surface area contributed by atoms with Crippen molar-refractivity contribution in [1.82, 2.24) is 0 Å². The van der Waals surface area contributed by atoms with Gasteiger partial charge in [0.2, 0.25) is 0 Å². The lowest BCUT2D eigenvalue weighted by Crippen LogP contribution is -2.19. The molecule has 1 aliphatic rings. The summed E-state index contributed by atoms with van der Waals surface area (Å²) >= 11 is 0. The molecule has 1 aromatic rings. The van der Waals surface area contributed by atoms with Crippen LogP contribution in [0, 0.1) is 0 Å². The second-order valence-electron chi connectivity index (χ2n) is 4.38. The Hall–Kier alpha value is -2.04. The predicted octanol–water partition coefficient (Wildman–Crippen LogP) is 2.28. The van der Waals surface area contributed by atoms with Gasteiger partial charge in [-0.3, -0.25) is 0 Å². The molecule has 18 heavy (non-hydrogen) atoms. The topological polar surface area (TPSA) is 81.4 Å². The third kappa shape index (κ3) is 3.23. The Morgan fingerprint density at radius 1 is 1.17 bits per heavy atom. The first kappa shape index (κ1) is 12.4. The van der Waals surface area contributed by atoms with Gasteiger partial charge in [-0.2, -0.15) is 0 Å². The van der Waals surface area contributed by atoms with E-state index in [2.05, 4.69) is 5.32 Å². The highest BCUT2D eigenvalue weighted by Gasteiger charge is 2.19. The first-order chi connectivity index (χ1) is 8.65. The lowest BCUT2D eigenvalue weighted by Gasteiger charge is -2.11. The van der Waals surface area contributed by atoms with Gasteiger partial charge in [-0.15, -0.1) is 0 Å². The standard InChI is InChI=1S/C13H16N2O3/c14-13(17)15-10-7-5-9(6-8-10)12(16)18-11-3-1-2-4-11/h5-8,11H,1-4H2,(H3,14,15,17). The van der Waals surface area contributed by atoms with Crippen LogP contribution in [0.3, 0.4) is 0 Å². The van der Waals surface area contributed by atoms with Crippen molar-refractivity contribution in [2.24, 2.45) is 5.73 Å². The molecule has 5 nitrogen and oxygen atoms in total. The van der Waals surface area contributed by atoms with Crippen molar-refractivity contribution in [3.05, 3.63) is 29.8 Å². The fraction of sp³-hybridized carbons (Fsp3) is 0.385. The van der Waals surface area contributed by atoms with Crippen molar-refractivity contribution >= 4 is 17.7 Å². The highest BCUT2D eigenvalue weighted by Crippen LogP contribution is 2.22. The monoisotopic (exact) mass is 248 g/mol. The SMILES string of the molecule is NC(=O)Nc1ccc(C(=O)OC2CCCC2)cc1. The highest BCUT2D eigenvalue weighted by molar-refractivity contribution is 5.91. The van der Waals surface area contributed by atoms with E-state index in [1.807, 2.05) is 0 Å². The smallest absolute Gasteiger partial charge is 0.338 e. The minimum Gasteiger partial charge on any atom is -0.459 e. The van der Waals surface area contributed by atoms with Gasteiger partial charge in [-0.05, 0) is 49.9 Å². The van der Waals surface area contributed by atoms with Crippen molar-refractivity contribution in [3.63, 3.8) is 0 Å². The number of nitrogens with one attached hydrogen (secondary N) is 1. The molecule has 96 valence electrons. The second kappa shape index (κ2) is 5.53. The number of carbonyl (C=O) groups is 2. The number of hydrogen-bond donors (Lipinski definition) is 2. The summed E-state index contributed by atoms with van der Waals surface area (Å²) < 4.78 is 5.37. The molecule has 0 aromatic heterocycles. The van der Waals surface area contributed by atoms with Crippen LogP contribution in [-0.2, 0) is 4.74 Å². The number of rotatable bonds is 3. The van der Waals surface area contributed by atoms with E-state index in [1.165, 1.54) is 0 Å². The average molecular weight is 248 g/mol. The van der Waals surface area contributed by atoms with Crippen molar-refractivity contribution in [1.29, 1.82) is 0 Å². The van der Waals surface area contributed by atoms with Gasteiger partial charge in [0.15, 0.2) is 0 Å². The minimum atomic E-state index is -0.628. The van der Waals surface area contributed by atoms with Crippen LogP contribution >= 0.6 is 0 Å². The molecule has 1 fully saturated rings. The number of benzene rings is 1. The van der Waals surface area contributed by atoms with Crippen molar-refractivity contribution in [3.8, 4) is 0 Å². The number of nitrogens with two attached hydrogens (primary N) is 1. The minimum absolute atomic E-state index is 0.0564. The molecule has 5 heteroatoms. The van der Waals surface area contributed by atoms with Gasteiger partial charge in [0.25, 0.3) is 0 Å². The Labute approximate surface area is 105 Å². The van der Waals surface area contributed by atoms with Crippen molar-refractivity contribution < 1.29 is 14.3 Å². The van der Waals surface area contributed by atoms with Crippen LogP contribution < -0.4 is 11.1 Å². The third-order valence-electron chi connectivity index (χ3n) is 2.96. The first-order valence-electron chi connectivity index (χ1n) is 6.02. The van der Waals surface area contributed by atoms with E-state index in [-0.39, 0.29) is 12.1 Å². The summed E-state index contributed by atoms with van der Waals surface area (Å²) in [5.41, 5.74) is 6.03. The lowest BCUT2D eigenvalue weighted by atomic mass is 10.2. The van der Waals surface area contributed by atoms with Crippen LogP contribution in [-0.4, -0.2) is 18.1 Å². The Kier molecular flexibility index (Phi) is 3.82. The fourth-order valence-electron chi connectivity index (χ4n) is 2.06. The molecule has 3 N–H and O–H groups in total. The maximum atomic E-state index is 11.8. The van der Waals surface area contributed by atoms with Crippen LogP contribution in [0.1, 0.15) is 36.0 Å². The molecule has 0 radical (unpaired) electrons. The van der Waals surface area contributed by atoms with Gasteiger partial charge in [-0.25, -0.2) is 9.59 Å². The van der Waals surface area contributed by atoms with E-state index in [9.17, 15) is 9.59 Å². The maximum Gasteiger partial charge on any atom is 0.338 e. The maximum absolute atomic E-state index is 11.8. The predicted molar refractivity (Wildman–Crippen MR) is 67.3 cm³/mol. The van der Waals surface area contributed by atoms with Crippen LogP contribution in [0.4, 0.5) is 10.5 Å².